The van der Waals surface area contributed by atoms with Crippen LogP contribution < -0.4 is 4.72 Å². The van der Waals surface area contributed by atoms with E-state index in [1.54, 1.807) is 18.2 Å². The highest BCUT2D eigenvalue weighted by Crippen LogP contribution is 2.28. The minimum absolute atomic E-state index is 0.0145. The Morgan fingerprint density at radius 3 is 2.24 bits per heavy atom. The Morgan fingerprint density at radius 2 is 1.67 bits per heavy atom. The fraction of sp³-hybridized carbons (Fsp3) is 0. The third-order valence-corrected chi connectivity index (χ3v) is 5.15. The normalized spacial score (nSPS) is 11.1. The molecule has 0 amide bonds. The lowest BCUT2D eigenvalue weighted by molar-refractivity contribution is 0.0697. The summed E-state index contributed by atoms with van der Waals surface area (Å²) in [4.78, 5) is 10.7. The van der Waals surface area contributed by atoms with Crippen LogP contribution in [0.25, 0.3) is 0 Å². The molecule has 0 aromatic heterocycles. The van der Waals surface area contributed by atoms with Crippen LogP contribution in [0.2, 0.25) is 0 Å². The molecule has 0 heterocycles. The molecule has 0 aliphatic rings. The Labute approximate surface area is 138 Å². The smallest absolute Gasteiger partial charge is 0.335 e. The average Bonchev–Trinajstić information content (AvgIpc) is 2.43. The van der Waals surface area contributed by atoms with E-state index in [2.05, 4.69) is 36.6 Å². The molecule has 0 spiro atoms. The molecule has 110 valence electrons. The summed E-state index contributed by atoms with van der Waals surface area (Å²) in [5.41, 5.74) is 0.407. The van der Waals surface area contributed by atoms with Gasteiger partial charge in [-0.15, -0.1) is 0 Å². The van der Waals surface area contributed by atoms with Crippen LogP contribution in [0.3, 0.4) is 0 Å². The SMILES string of the molecule is O=C(O)c1ccc(S(=O)(=O)Nc2cc(Br)ccc2Br)cc1. The molecule has 0 atom stereocenters. The lowest BCUT2D eigenvalue weighted by atomic mass is 10.2. The first-order valence-corrected chi connectivity index (χ1v) is 8.68. The van der Waals surface area contributed by atoms with Gasteiger partial charge < -0.3 is 5.11 Å². The van der Waals surface area contributed by atoms with E-state index in [1.807, 2.05) is 0 Å². The van der Waals surface area contributed by atoms with E-state index in [0.717, 1.165) is 4.47 Å². The van der Waals surface area contributed by atoms with Crippen molar-refractivity contribution in [1.82, 2.24) is 0 Å². The number of sulfonamides is 1. The largest absolute Gasteiger partial charge is 0.478 e. The van der Waals surface area contributed by atoms with Gasteiger partial charge >= 0.3 is 5.97 Å². The number of carbonyl (C=O) groups is 1. The number of rotatable bonds is 4. The molecule has 8 heteroatoms. The first-order valence-electron chi connectivity index (χ1n) is 5.61. The molecule has 2 rings (SSSR count). The number of hydrogen-bond acceptors (Lipinski definition) is 3. The highest BCUT2D eigenvalue weighted by Gasteiger charge is 2.16. The Bertz CT molecular complexity index is 788. The van der Waals surface area contributed by atoms with Crippen LogP contribution >= 0.6 is 31.9 Å². The fourth-order valence-electron chi connectivity index (χ4n) is 1.56. The minimum Gasteiger partial charge on any atom is -0.478 e. The van der Waals surface area contributed by atoms with E-state index in [-0.39, 0.29) is 10.5 Å². The molecule has 2 aromatic carbocycles. The van der Waals surface area contributed by atoms with E-state index >= 15 is 0 Å². The zero-order valence-electron chi connectivity index (χ0n) is 10.4. The van der Waals surface area contributed by atoms with Crippen molar-refractivity contribution in [2.24, 2.45) is 0 Å². The number of halogens is 2. The summed E-state index contributed by atoms with van der Waals surface area (Å²) in [5.74, 6) is -1.11. The van der Waals surface area contributed by atoms with Crippen LogP contribution in [-0.2, 0) is 10.0 Å². The van der Waals surface area contributed by atoms with Crippen LogP contribution in [0, 0.1) is 0 Å². The maximum atomic E-state index is 12.3. The van der Waals surface area contributed by atoms with Crippen LogP contribution in [-0.4, -0.2) is 19.5 Å². The summed E-state index contributed by atoms with van der Waals surface area (Å²) in [6.07, 6.45) is 0. The second-order valence-electron chi connectivity index (χ2n) is 4.06. The van der Waals surface area contributed by atoms with Crippen molar-refractivity contribution in [3.63, 3.8) is 0 Å². The van der Waals surface area contributed by atoms with Crippen LogP contribution in [0.1, 0.15) is 10.4 Å². The molecule has 2 aromatic rings. The molecule has 0 radical (unpaired) electrons. The van der Waals surface area contributed by atoms with E-state index in [4.69, 9.17) is 5.11 Å². The van der Waals surface area contributed by atoms with Gasteiger partial charge in [0.2, 0.25) is 0 Å². The number of nitrogens with one attached hydrogen (secondary N) is 1. The summed E-state index contributed by atoms with van der Waals surface area (Å²) < 4.78 is 28.3. The quantitative estimate of drug-likeness (QED) is 0.768. The molecule has 0 bridgehead atoms. The predicted octanol–water partition coefficient (Wildman–Crippen LogP) is 3.71. The topological polar surface area (TPSA) is 83.5 Å². The van der Waals surface area contributed by atoms with E-state index < -0.39 is 16.0 Å². The van der Waals surface area contributed by atoms with Crippen molar-refractivity contribution in [3.05, 3.63) is 57.0 Å². The molecule has 5 nitrogen and oxygen atoms in total. The molecule has 2 N–H and O–H groups in total. The average molecular weight is 435 g/mol. The van der Waals surface area contributed by atoms with Gasteiger partial charge in [-0.1, -0.05) is 15.9 Å². The van der Waals surface area contributed by atoms with Crippen molar-refractivity contribution >= 4 is 53.5 Å². The molecule has 0 unspecified atom stereocenters. The van der Waals surface area contributed by atoms with Crippen molar-refractivity contribution < 1.29 is 18.3 Å². The Hall–Kier alpha value is -1.38. The van der Waals surface area contributed by atoms with Crippen molar-refractivity contribution in [2.75, 3.05) is 4.72 Å². The first-order chi connectivity index (χ1) is 9.79. The summed E-state index contributed by atoms with van der Waals surface area (Å²) in [7, 11) is -3.79. The van der Waals surface area contributed by atoms with Gasteiger partial charge in [-0.25, -0.2) is 13.2 Å². The number of carboxylic acid groups (broad SMARTS) is 1. The number of carboxylic acids is 1. The maximum absolute atomic E-state index is 12.3. The number of benzene rings is 2. The highest BCUT2D eigenvalue weighted by molar-refractivity contribution is 9.11. The second kappa shape index (κ2) is 6.17. The third-order valence-electron chi connectivity index (χ3n) is 2.58. The van der Waals surface area contributed by atoms with Gasteiger partial charge in [0.05, 0.1) is 16.1 Å². The molecule has 21 heavy (non-hydrogen) atoms. The lowest BCUT2D eigenvalue weighted by Gasteiger charge is -2.10. The molecule has 0 saturated heterocycles. The van der Waals surface area contributed by atoms with Crippen molar-refractivity contribution in [3.8, 4) is 0 Å². The van der Waals surface area contributed by atoms with Crippen LogP contribution in [0.15, 0.2) is 56.3 Å². The van der Waals surface area contributed by atoms with Gasteiger partial charge in [-0.2, -0.15) is 0 Å². The monoisotopic (exact) mass is 433 g/mol. The third kappa shape index (κ3) is 3.84. The Kier molecular flexibility index (Phi) is 4.70. The zero-order chi connectivity index (χ0) is 15.6. The van der Waals surface area contributed by atoms with Crippen LogP contribution in [0.5, 0.6) is 0 Å². The first kappa shape index (κ1) is 16.0. The second-order valence-corrected chi connectivity index (χ2v) is 7.51. The fourth-order valence-corrected chi connectivity index (χ4v) is 3.46. The summed E-state index contributed by atoms with van der Waals surface area (Å²) in [5, 5.41) is 8.80. The van der Waals surface area contributed by atoms with Gasteiger partial charge in [-0.05, 0) is 58.4 Å². The van der Waals surface area contributed by atoms with E-state index in [0.29, 0.717) is 10.2 Å². The number of anilines is 1. The molecule has 0 aliphatic heterocycles. The number of aromatic carboxylic acids is 1. The van der Waals surface area contributed by atoms with Crippen molar-refractivity contribution in [1.29, 1.82) is 0 Å². The van der Waals surface area contributed by atoms with Crippen molar-refractivity contribution in [2.45, 2.75) is 4.90 Å². The standard InChI is InChI=1S/C13H9Br2NO4S/c14-9-3-6-11(15)12(7-9)16-21(19,20)10-4-1-8(2-5-10)13(17)18/h1-7,16H,(H,17,18). The minimum atomic E-state index is -3.79. The van der Waals surface area contributed by atoms with Gasteiger partial charge in [-0.3, -0.25) is 4.72 Å². The summed E-state index contributed by atoms with van der Waals surface area (Å²) in [6.45, 7) is 0. The van der Waals surface area contributed by atoms with E-state index in [9.17, 15) is 13.2 Å². The zero-order valence-corrected chi connectivity index (χ0v) is 14.4. The molecule has 0 aliphatic carbocycles. The maximum Gasteiger partial charge on any atom is 0.335 e. The Morgan fingerprint density at radius 1 is 1.05 bits per heavy atom. The van der Waals surface area contributed by atoms with Gasteiger partial charge in [0.25, 0.3) is 10.0 Å². The lowest BCUT2D eigenvalue weighted by Crippen LogP contribution is -2.13. The summed E-state index contributed by atoms with van der Waals surface area (Å²) >= 11 is 6.53. The predicted molar refractivity (Wildman–Crippen MR) is 86.1 cm³/mol. The molecular formula is C13H9Br2NO4S. The van der Waals surface area contributed by atoms with Gasteiger partial charge in [0.1, 0.15) is 0 Å². The summed E-state index contributed by atoms with van der Waals surface area (Å²) in [6, 6.07) is 10.1. The molecule has 0 saturated carbocycles. The van der Waals surface area contributed by atoms with Gasteiger partial charge in [0.15, 0.2) is 0 Å². The molecular weight excluding hydrogens is 426 g/mol. The number of hydrogen-bond donors (Lipinski definition) is 2. The van der Waals surface area contributed by atoms with Crippen LogP contribution in [0.4, 0.5) is 5.69 Å². The highest BCUT2D eigenvalue weighted by atomic mass is 79.9. The van der Waals surface area contributed by atoms with E-state index in [1.165, 1.54) is 24.3 Å². The molecule has 0 fully saturated rings. The Balaban J connectivity index is 2.34. The van der Waals surface area contributed by atoms with Gasteiger partial charge in [0, 0.05) is 8.95 Å².